The standard InChI is InChI=1S/C12H14F2N2O3/c1-8(11(13)14)3-4-19-12(17)9-5-15-7-16-10(9)6-18-2/h5,7H,3-4,6H2,1-2H3. The molecular formula is C12H14F2N2O3. The van der Waals surface area contributed by atoms with Crippen LogP contribution < -0.4 is 0 Å². The minimum absolute atomic E-state index is 0.0125. The molecule has 0 aliphatic rings. The Morgan fingerprint density at radius 2 is 2.16 bits per heavy atom. The second-order valence-corrected chi connectivity index (χ2v) is 3.74. The molecule has 19 heavy (non-hydrogen) atoms. The van der Waals surface area contributed by atoms with Crippen molar-refractivity contribution in [2.24, 2.45) is 0 Å². The van der Waals surface area contributed by atoms with Crippen LogP contribution in [0, 0.1) is 0 Å². The maximum absolute atomic E-state index is 12.1. The van der Waals surface area contributed by atoms with Crippen molar-refractivity contribution in [2.75, 3.05) is 13.7 Å². The van der Waals surface area contributed by atoms with Gasteiger partial charge in [-0.15, -0.1) is 0 Å². The normalized spacial score (nSPS) is 10.1. The summed E-state index contributed by atoms with van der Waals surface area (Å²) >= 11 is 0. The quantitative estimate of drug-likeness (QED) is 0.744. The zero-order chi connectivity index (χ0) is 14.3. The van der Waals surface area contributed by atoms with Gasteiger partial charge in [0.1, 0.15) is 11.9 Å². The third kappa shape index (κ3) is 4.70. The van der Waals surface area contributed by atoms with Crippen LogP contribution >= 0.6 is 0 Å². The van der Waals surface area contributed by atoms with Crippen LogP contribution in [0.4, 0.5) is 8.78 Å². The topological polar surface area (TPSA) is 61.3 Å². The van der Waals surface area contributed by atoms with E-state index in [9.17, 15) is 13.6 Å². The Kier molecular flexibility index (Phi) is 6.01. The average Bonchev–Trinajstić information content (AvgIpc) is 2.39. The van der Waals surface area contributed by atoms with Crippen molar-refractivity contribution < 1.29 is 23.0 Å². The van der Waals surface area contributed by atoms with Crippen molar-refractivity contribution in [3.63, 3.8) is 0 Å². The predicted molar refractivity (Wildman–Crippen MR) is 62.6 cm³/mol. The van der Waals surface area contributed by atoms with Gasteiger partial charge in [0.05, 0.1) is 18.9 Å². The molecule has 1 rings (SSSR count). The van der Waals surface area contributed by atoms with E-state index in [1.165, 1.54) is 26.6 Å². The van der Waals surface area contributed by atoms with E-state index in [4.69, 9.17) is 9.47 Å². The molecule has 0 N–H and O–H groups in total. The molecule has 104 valence electrons. The number of hydrogen-bond donors (Lipinski definition) is 0. The summed E-state index contributed by atoms with van der Waals surface area (Å²) in [5.74, 6) is -0.653. The van der Waals surface area contributed by atoms with E-state index >= 15 is 0 Å². The van der Waals surface area contributed by atoms with Gasteiger partial charge in [-0.1, -0.05) is 0 Å². The van der Waals surface area contributed by atoms with Crippen molar-refractivity contribution in [1.29, 1.82) is 0 Å². The molecule has 0 spiro atoms. The highest BCUT2D eigenvalue weighted by Crippen LogP contribution is 2.12. The lowest BCUT2D eigenvalue weighted by Gasteiger charge is -2.07. The van der Waals surface area contributed by atoms with E-state index in [1.54, 1.807) is 0 Å². The Morgan fingerprint density at radius 3 is 2.79 bits per heavy atom. The summed E-state index contributed by atoms with van der Waals surface area (Å²) in [5, 5.41) is 0. The van der Waals surface area contributed by atoms with Crippen molar-refractivity contribution in [3.05, 3.63) is 35.4 Å². The minimum Gasteiger partial charge on any atom is -0.462 e. The Bertz CT molecular complexity index is 474. The molecule has 0 radical (unpaired) electrons. The maximum atomic E-state index is 12.1. The molecular weight excluding hydrogens is 258 g/mol. The second-order valence-electron chi connectivity index (χ2n) is 3.74. The lowest BCUT2D eigenvalue weighted by Crippen LogP contribution is -2.12. The van der Waals surface area contributed by atoms with Gasteiger partial charge in [0.2, 0.25) is 0 Å². The Hall–Kier alpha value is -1.89. The predicted octanol–water partition coefficient (Wildman–Crippen LogP) is 2.34. The highest BCUT2D eigenvalue weighted by Gasteiger charge is 2.14. The summed E-state index contributed by atoms with van der Waals surface area (Å²) in [5.41, 5.74) is 0.465. The molecule has 0 bridgehead atoms. The van der Waals surface area contributed by atoms with Crippen molar-refractivity contribution in [2.45, 2.75) is 20.0 Å². The van der Waals surface area contributed by atoms with Gasteiger partial charge in [0.25, 0.3) is 6.08 Å². The fourth-order valence-corrected chi connectivity index (χ4v) is 1.25. The van der Waals surface area contributed by atoms with E-state index in [-0.39, 0.29) is 30.8 Å². The second kappa shape index (κ2) is 7.52. The van der Waals surface area contributed by atoms with Crippen LogP contribution in [0.2, 0.25) is 0 Å². The van der Waals surface area contributed by atoms with Crippen molar-refractivity contribution >= 4 is 5.97 Å². The van der Waals surface area contributed by atoms with E-state index in [0.717, 1.165) is 0 Å². The summed E-state index contributed by atoms with van der Waals surface area (Å²) in [6.45, 7) is 1.31. The molecule has 1 aromatic rings. The fourth-order valence-electron chi connectivity index (χ4n) is 1.25. The van der Waals surface area contributed by atoms with E-state index in [2.05, 4.69) is 9.97 Å². The first-order chi connectivity index (χ1) is 9.06. The molecule has 1 heterocycles. The van der Waals surface area contributed by atoms with Gasteiger partial charge in [-0.3, -0.25) is 0 Å². The largest absolute Gasteiger partial charge is 0.462 e. The molecule has 0 fully saturated rings. The highest BCUT2D eigenvalue weighted by molar-refractivity contribution is 5.90. The first-order valence-electron chi connectivity index (χ1n) is 5.52. The molecule has 1 aromatic heterocycles. The smallest absolute Gasteiger partial charge is 0.341 e. The summed E-state index contributed by atoms with van der Waals surface area (Å²) in [6.07, 6.45) is 0.833. The molecule has 7 heteroatoms. The Balaban J connectivity index is 2.61. The van der Waals surface area contributed by atoms with Crippen molar-refractivity contribution in [1.82, 2.24) is 9.97 Å². The zero-order valence-corrected chi connectivity index (χ0v) is 10.7. The van der Waals surface area contributed by atoms with E-state index in [0.29, 0.717) is 5.69 Å². The van der Waals surface area contributed by atoms with Crippen LogP contribution in [-0.4, -0.2) is 29.7 Å². The highest BCUT2D eigenvalue weighted by atomic mass is 19.3. The zero-order valence-electron chi connectivity index (χ0n) is 10.7. The van der Waals surface area contributed by atoms with Gasteiger partial charge in [-0.2, -0.15) is 8.78 Å². The third-order valence-electron chi connectivity index (χ3n) is 2.33. The number of carbonyl (C=O) groups excluding carboxylic acids is 1. The maximum Gasteiger partial charge on any atom is 0.341 e. The van der Waals surface area contributed by atoms with Crippen LogP contribution in [0.3, 0.4) is 0 Å². The van der Waals surface area contributed by atoms with Crippen molar-refractivity contribution in [3.8, 4) is 0 Å². The number of aromatic nitrogens is 2. The lowest BCUT2D eigenvalue weighted by atomic mass is 10.2. The molecule has 0 atom stereocenters. The van der Waals surface area contributed by atoms with E-state index < -0.39 is 12.0 Å². The summed E-state index contributed by atoms with van der Waals surface area (Å²) in [4.78, 5) is 19.3. The molecule has 0 unspecified atom stereocenters. The van der Waals surface area contributed by atoms with Crippen LogP contribution in [0.25, 0.3) is 0 Å². The number of methoxy groups -OCH3 is 1. The molecule has 0 saturated carbocycles. The summed E-state index contributed by atoms with van der Waals surface area (Å²) in [6, 6.07) is 0. The third-order valence-corrected chi connectivity index (χ3v) is 2.33. The van der Waals surface area contributed by atoms with Crippen LogP contribution in [-0.2, 0) is 16.1 Å². The van der Waals surface area contributed by atoms with Gasteiger partial charge in [-0.25, -0.2) is 14.8 Å². The van der Waals surface area contributed by atoms with Crippen LogP contribution in [0.5, 0.6) is 0 Å². The number of ether oxygens (including phenoxy) is 2. The number of carbonyl (C=O) groups is 1. The Labute approximate surface area is 109 Å². The molecule has 0 saturated heterocycles. The van der Waals surface area contributed by atoms with Crippen LogP contribution in [0.15, 0.2) is 24.2 Å². The molecule has 0 aromatic carbocycles. The first kappa shape index (κ1) is 15.2. The Morgan fingerprint density at radius 1 is 1.42 bits per heavy atom. The molecule has 0 aliphatic heterocycles. The lowest BCUT2D eigenvalue weighted by molar-refractivity contribution is 0.0501. The molecule has 0 aliphatic carbocycles. The SMILES string of the molecule is COCc1ncncc1C(=O)OCCC(C)=C(F)F. The van der Waals surface area contributed by atoms with Crippen LogP contribution in [0.1, 0.15) is 29.4 Å². The minimum atomic E-state index is -1.75. The number of hydrogen-bond acceptors (Lipinski definition) is 5. The monoisotopic (exact) mass is 272 g/mol. The number of rotatable bonds is 6. The van der Waals surface area contributed by atoms with Gasteiger partial charge in [-0.05, 0) is 12.5 Å². The number of halogens is 2. The molecule has 5 nitrogen and oxygen atoms in total. The summed E-state index contributed by atoms with van der Waals surface area (Å²) in [7, 11) is 1.47. The summed E-state index contributed by atoms with van der Waals surface area (Å²) < 4.78 is 34.1. The van der Waals surface area contributed by atoms with E-state index in [1.807, 2.05) is 0 Å². The number of esters is 1. The number of nitrogens with zero attached hydrogens (tertiary/aromatic N) is 2. The average molecular weight is 272 g/mol. The first-order valence-corrected chi connectivity index (χ1v) is 5.52. The molecule has 0 amide bonds. The van der Waals surface area contributed by atoms with Gasteiger partial charge in [0.15, 0.2) is 0 Å². The van der Waals surface area contributed by atoms with Gasteiger partial charge >= 0.3 is 5.97 Å². The fraction of sp³-hybridized carbons (Fsp3) is 0.417. The van der Waals surface area contributed by atoms with Gasteiger partial charge < -0.3 is 9.47 Å². The van der Waals surface area contributed by atoms with Gasteiger partial charge in [0, 0.05) is 19.7 Å².